The standard InChI is InChI=1S/C20H29N3O2/c1-13(12-23-16(4)10-15(3)22-23)11-21-20(24)8-6-17-5-7-19(25-17)18-9-14(18)2/h5,7,10,13-14,18H,6,8-9,11-12H2,1-4H3,(H,21,24)/t13-,14-,18-/m1/s1. The largest absolute Gasteiger partial charge is 0.466 e. The van der Waals surface area contributed by atoms with E-state index in [0.29, 0.717) is 31.2 Å². The maximum atomic E-state index is 12.1. The van der Waals surface area contributed by atoms with Crippen LogP contribution in [0.1, 0.15) is 55.5 Å². The van der Waals surface area contributed by atoms with Crippen LogP contribution in [0.25, 0.3) is 0 Å². The zero-order valence-electron chi connectivity index (χ0n) is 15.7. The fourth-order valence-corrected chi connectivity index (χ4v) is 3.28. The van der Waals surface area contributed by atoms with Crippen molar-refractivity contribution < 1.29 is 9.21 Å². The Labute approximate surface area is 149 Å². The predicted molar refractivity (Wildman–Crippen MR) is 97.4 cm³/mol. The Morgan fingerprint density at radius 1 is 1.44 bits per heavy atom. The Morgan fingerprint density at radius 2 is 2.20 bits per heavy atom. The van der Waals surface area contributed by atoms with Gasteiger partial charge in [-0.3, -0.25) is 9.48 Å². The Bertz CT molecular complexity index is 731. The van der Waals surface area contributed by atoms with E-state index in [4.69, 9.17) is 4.42 Å². The molecule has 2 aromatic rings. The summed E-state index contributed by atoms with van der Waals surface area (Å²) in [4.78, 5) is 12.1. The Hall–Kier alpha value is -2.04. The molecule has 1 aliphatic rings. The zero-order chi connectivity index (χ0) is 18.0. The topological polar surface area (TPSA) is 60.1 Å². The first kappa shape index (κ1) is 17.8. The molecule has 0 bridgehead atoms. The van der Waals surface area contributed by atoms with Gasteiger partial charge in [0.2, 0.25) is 5.91 Å². The summed E-state index contributed by atoms with van der Waals surface area (Å²) in [6.45, 7) is 9.92. The molecule has 0 spiro atoms. The SMILES string of the molecule is Cc1cc(C)n(C[C@H](C)CNC(=O)CCc2ccc([C@@H]3C[C@H]3C)o2)n1. The number of amides is 1. The van der Waals surface area contributed by atoms with Crippen molar-refractivity contribution in [1.82, 2.24) is 15.1 Å². The van der Waals surface area contributed by atoms with Gasteiger partial charge >= 0.3 is 0 Å². The Kier molecular flexibility index (Phi) is 5.30. The summed E-state index contributed by atoms with van der Waals surface area (Å²) in [5.41, 5.74) is 2.20. The number of furan rings is 1. The highest BCUT2D eigenvalue weighted by Crippen LogP contribution is 2.47. The third-order valence-corrected chi connectivity index (χ3v) is 4.99. The Balaban J connectivity index is 1.37. The van der Waals surface area contributed by atoms with E-state index in [1.54, 1.807) is 0 Å². The van der Waals surface area contributed by atoms with Crippen LogP contribution in [-0.4, -0.2) is 22.2 Å². The summed E-state index contributed by atoms with van der Waals surface area (Å²) >= 11 is 0. The van der Waals surface area contributed by atoms with Gasteiger partial charge in [-0.25, -0.2) is 0 Å². The quantitative estimate of drug-likeness (QED) is 0.796. The van der Waals surface area contributed by atoms with E-state index in [2.05, 4.69) is 43.3 Å². The van der Waals surface area contributed by atoms with Crippen LogP contribution >= 0.6 is 0 Å². The molecule has 1 N–H and O–H groups in total. The lowest BCUT2D eigenvalue weighted by atomic mass is 10.1. The molecule has 2 aromatic heterocycles. The highest BCUT2D eigenvalue weighted by Gasteiger charge is 2.36. The molecule has 0 unspecified atom stereocenters. The van der Waals surface area contributed by atoms with Crippen molar-refractivity contribution in [2.45, 2.75) is 59.4 Å². The first-order valence-corrected chi connectivity index (χ1v) is 9.28. The van der Waals surface area contributed by atoms with Gasteiger partial charge in [-0.2, -0.15) is 5.10 Å². The molecule has 1 aliphatic carbocycles. The molecule has 136 valence electrons. The van der Waals surface area contributed by atoms with E-state index >= 15 is 0 Å². The van der Waals surface area contributed by atoms with Crippen LogP contribution in [0, 0.1) is 25.7 Å². The van der Waals surface area contributed by atoms with Gasteiger partial charge in [0.05, 0.1) is 5.69 Å². The minimum atomic E-state index is 0.0814. The van der Waals surface area contributed by atoms with Crippen LogP contribution in [0.3, 0.4) is 0 Å². The summed E-state index contributed by atoms with van der Waals surface area (Å²) in [5.74, 6) is 3.76. The summed E-state index contributed by atoms with van der Waals surface area (Å²) in [7, 11) is 0. The summed E-state index contributed by atoms with van der Waals surface area (Å²) < 4.78 is 7.87. The molecule has 1 fully saturated rings. The average Bonchev–Trinajstić information content (AvgIpc) is 2.97. The van der Waals surface area contributed by atoms with Gasteiger partial charge < -0.3 is 9.73 Å². The van der Waals surface area contributed by atoms with Gasteiger partial charge in [-0.15, -0.1) is 0 Å². The van der Waals surface area contributed by atoms with E-state index in [-0.39, 0.29) is 5.91 Å². The van der Waals surface area contributed by atoms with E-state index in [9.17, 15) is 4.79 Å². The fraction of sp³-hybridized carbons (Fsp3) is 0.600. The molecule has 0 radical (unpaired) electrons. The van der Waals surface area contributed by atoms with Crippen molar-refractivity contribution in [2.75, 3.05) is 6.54 Å². The van der Waals surface area contributed by atoms with Crippen LogP contribution in [0.4, 0.5) is 0 Å². The molecular weight excluding hydrogens is 314 g/mol. The van der Waals surface area contributed by atoms with Crippen molar-refractivity contribution in [3.8, 4) is 0 Å². The van der Waals surface area contributed by atoms with E-state index in [1.807, 2.05) is 17.7 Å². The molecule has 1 saturated carbocycles. The number of carbonyl (C=O) groups is 1. The summed E-state index contributed by atoms with van der Waals surface area (Å²) in [6, 6.07) is 6.16. The summed E-state index contributed by atoms with van der Waals surface area (Å²) in [6.07, 6.45) is 2.36. The van der Waals surface area contributed by atoms with Gasteiger partial charge in [0.15, 0.2) is 0 Å². The second-order valence-electron chi connectivity index (χ2n) is 7.64. The molecule has 5 heteroatoms. The molecule has 3 atom stereocenters. The van der Waals surface area contributed by atoms with Crippen molar-refractivity contribution in [2.24, 2.45) is 11.8 Å². The minimum absolute atomic E-state index is 0.0814. The molecule has 1 amide bonds. The molecule has 2 heterocycles. The van der Waals surface area contributed by atoms with Gasteiger partial charge in [-0.05, 0) is 50.3 Å². The lowest BCUT2D eigenvalue weighted by Crippen LogP contribution is -2.30. The van der Waals surface area contributed by atoms with Crippen molar-refractivity contribution in [1.29, 1.82) is 0 Å². The fourth-order valence-electron chi connectivity index (χ4n) is 3.28. The maximum Gasteiger partial charge on any atom is 0.220 e. The number of hydrogen-bond donors (Lipinski definition) is 1. The molecule has 0 aliphatic heterocycles. The number of aryl methyl sites for hydroxylation is 3. The number of aromatic nitrogens is 2. The highest BCUT2D eigenvalue weighted by atomic mass is 16.3. The Morgan fingerprint density at radius 3 is 2.84 bits per heavy atom. The monoisotopic (exact) mass is 343 g/mol. The summed E-state index contributed by atoms with van der Waals surface area (Å²) in [5, 5.41) is 7.50. The van der Waals surface area contributed by atoms with Crippen LogP contribution < -0.4 is 5.32 Å². The lowest BCUT2D eigenvalue weighted by molar-refractivity contribution is -0.121. The van der Waals surface area contributed by atoms with Crippen molar-refractivity contribution >= 4 is 5.91 Å². The van der Waals surface area contributed by atoms with Gasteiger partial charge in [0, 0.05) is 37.5 Å². The third-order valence-electron chi connectivity index (χ3n) is 4.99. The smallest absolute Gasteiger partial charge is 0.220 e. The molecule has 0 aromatic carbocycles. The number of rotatable bonds is 8. The normalized spacial score (nSPS) is 20.5. The van der Waals surface area contributed by atoms with Crippen molar-refractivity contribution in [3.05, 3.63) is 41.1 Å². The van der Waals surface area contributed by atoms with Crippen LogP contribution in [0.5, 0.6) is 0 Å². The average molecular weight is 343 g/mol. The van der Waals surface area contributed by atoms with Crippen LogP contribution in [0.15, 0.2) is 22.6 Å². The molecule has 0 saturated heterocycles. The van der Waals surface area contributed by atoms with Crippen LogP contribution in [0.2, 0.25) is 0 Å². The third kappa shape index (κ3) is 4.74. The molecule has 3 rings (SSSR count). The van der Waals surface area contributed by atoms with E-state index in [1.165, 1.54) is 6.42 Å². The van der Waals surface area contributed by atoms with Crippen LogP contribution in [-0.2, 0) is 17.8 Å². The number of hydrogen-bond acceptors (Lipinski definition) is 3. The molecular formula is C20H29N3O2. The maximum absolute atomic E-state index is 12.1. The number of carbonyl (C=O) groups excluding carboxylic acids is 1. The van der Waals surface area contributed by atoms with Crippen molar-refractivity contribution in [3.63, 3.8) is 0 Å². The minimum Gasteiger partial charge on any atom is -0.466 e. The lowest BCUT2D eigenvalue weighted by Gasteiger charge is -2.14. The van der Waals surface area contributed by atoms with Gasteiger partial charge in [-0.1, -0.05) is 13.8 Å². The first-order valence-electron chi connectivity index (χ1n) is 9.28. The number of nitrogens with zero attached hydrogens (tertiary/aromatic N) is 2. The van der Waals surface area contributed by atoms with E-state index in [0.717, 1.165) is 35.4 Å². The van der Waals surface area contributed by atoms with E-state index < -0.39 is 0 Å². The second-order valence-corrected chi connectivity index (χ2v) is 7.64. The predicted octanol–water partition coefficient (Wildman–Crippen LogP) is 3.60. The molecule has 25 heavy (non-hydrogen) atoms. The first-order chi connectivity index (χ1) is 11.9. The van der Waals surface area contributed by atoms with Gasteiger partial charge in [0.1, 0.15) is 11.5 Å². The molecule has 5 nitrogen and oxygen atoms in total. The zero-order valence-corrected chi connectivity index (χ0v) is 15.7. The highest BCUT2D eigenvalue weighted by molar-refractivity contribution is 5.76. The second kappa shape index (κ2) is 7.46. The van der Waals surface area contributed by atoms with Gasteiger partial charge in [0.25, 0.3) is 0 Å². The number of nitrogens with one attached hydrogen (secondary N) is 1.